The molecule has 1 aliphatic carbocycles. The van der Waals surface area contributed by atoms with E-state index < -0.39 is 0 Å². The minimum Gasteiger partial charge on any atom is -0.487 e. The number of aryl methyl sites for hydroxylation is 1. The average molecular weight is 263 g/mol. The van der Waals surface area contributed by atoms with Crippen LogP contribution in [0.5, 0.6) is 5.75 Å². The third kappa shape index (κ3) is 3.71. The van der Waals surface area contributed by atoms with Crippen LogP contribution in [0.25, 0.3) is 0 Å². The van der Waals surface area contributed by atoms with Gasteiger partial charge in [0.05, 0.1) is 6.10 Å². The normalized spacial score (nSPS) is 25.7. The first-order chi connectivity index (χ1) is 9.08. The van der Waals surface area contributed by atoms with Gasteiger partial charge in [-0.2, -0.15) is 0 Å². The monoisotopic (exact) mass is 263 g/mol. The molecule has 19 heavy (non-hydrogen) atoms. The SMILES string of the molecule is Cc1ccc(C(C)N)c(OC2CCCCCC2O)c1. The molecule has 2 rings (SSSR count). The van der Waals surface area contributed by atoms with Crippen LogP contribution < -0.4 is 10.5 Å². The van der Waals surface area contributed by atoms with Crippen molar-refractivity contribution < 1.29 is 9.84 Å². The number of aliphatic hydroxyl groups excluding tert-OH is 1. The Morgan fingerprint density at radius 1 is 1.26 bits per heavy atom. The number of rotatable bonds is 3. The highest BCUT2D eigenvalue weighted by Crippen LogP contribution is 2.29. The van der Waals surface area contributed by atoms with Gasteiger partial charge in [0.15, 0.2) is 0 Å². The fourth-order valence-electron chi connectivity index (χ4n) is 2.67. The quantitative estimate of drug-likeness (QED) is 0.824. The molecule has 3 N–H and O–H groups in total. The van der Waals surface area contributed by atoms with Crippen LogP contribution in [-0.2, 0) is 0 Å². The summed E-state index contributed by atoms with van der Waals surface area (Å²) in [6.07, 6.45) is 4.71. The van der Waals surface area contributed by atoms with Crippen LogP contribution in [0.15, 0.2) is 18.2 Å². The molecule has 3 unspecified atom stereocenters. The Labute approximate surface area is 115 Å². The van der Waals surface area contributed by atoms with Crippen LogP contribution in [0.1, 0.15) is 56.2 Å². The van der Waals surface area contributed by atoms with Gasteiger partial charge in [0.1, 0.15) is 11.9 Å². The van der Waals surface area contributed by atoms with Crippen molar-refractivity contribution in [3.05, 3.63) is 29.3 Å². The molecule has 3 atom stereocenters. The van der Waals surface area contributed by atoms with Crippen molar-refractivity contribution in [1.29, 1.82) is 0 Å². The maximum absolute atomic E-state index is 10.2. The summed E-state index contributed by atoms with van der Waals surface area (Å²) in [7, 11) is 0. The third-order valence-electron chi connectivity index (χ3n) is 3.86. The van der Waals surface area contributed by atoms with Gasteiger partial charge in [0, 0.05) is 11.6 Å². The minimum absolute atomic E-state index is 0.0569. The van der Waals surface area contributed by atoms with Crippen molar-refractivity contribution in [3.63, 3.8) is 0 Å². The molecule has 0 spiro atoms. The Balaban J connectivity index is 2.18. The third-order valence-corrected chi connectivity index (χ3v) is 3.86. The topological polar surface area (TPSA) is 55.5 Å². The van der Waals surface area contributed by atoms with E-state index in [2.05, 4.69) is 6.07 Å². The highest BCUT2D eigenvalue weighted by Gasteiger charge is 2.24. The van der Waals surface area contributed by atoms with Crippen LogP contribution in [0, 0.1) is 6.92 Å². The molecule has 1 aliphatic rings. The van der Waals surface area contributed by atoms with E-state index >= 15 is 0 Å². The predicted octanol–water partition coefficient (Wildman–Crippen LogP) is 3.09. The second-order valence-electron chi connectivity index (χ2n) is 5.69. The van der Waals surface area contributed by atoms with E-state index in [1.165, 1.54) is 6.42 Å². The van der Waals surface area contributed by atoms with Crippen LogP contribution >= 0.6 is 0 Å². The molecule has 1 saturated carbocycles. The predicted molar refractivity (Wildman–Crippen MR) is 77.3 cm³/mol. The number of benzene rings is 1. The summed E-state index contributed by atoms with van der Waals surface area (Å²) in [6, 6.07) is 6.04. The molecular weight excluding hydrogens is 238 g/mol. The van der Waals surface area contributed by atoms with Gasteiger partial charge < -0.3 is 15.6 Å². The van der Waals surface area contributed by atoms with Crippen molar-refractivity contribution in [3.8, 4) is 5.75 Å². The smallest absolute Gasteiger partial charge is 0.124 e. The fraction of sp³-hybridized carbons (Fsp3) is 0.625. The Kier molecular flexibility index (Phi) is 4.83. The van der Waals surface area contributed by atoms with Gasteiger partial charge in [-0.15, -0.1) is 0 Å². The number of ether oxygens (including phenoxy) is 1. The molecule has 106 valence electrons. The molecule has 0 saturated heterocycles. The van der Waals surface area contributed by atoms with E-state index in [0.717, 1.165) is 42.6 Å². The van der Waals surface area contributed by atoms with Crippen LogP contribution in [0.3, 0.4) is 0 Å². The lowest BCUT2D eigenvalue weighted by Crippen LogP contribution is -2.31. The second-order valence-corrected chi connectivity index (χ2v) is 5.69. The molecule has 1 fully saturated rings. The Morgan fingerprint density at radius 2 is 2.00 bits per heavy atom. The zero-order valence-electron chi connectivity index (χ0n) is 11.9. The summed E-state index contributed by atoms with van der Waals surface area (Å²) in [5.41, 5.74) is 8.16. The van der Waals surface area contributed by atoms with E-state index in [1.807, 2.05) is 26.0 Å². The van der Waals surface area contributed by atoms with Crippen molar-refractivity contribution in [2.75, 3.05) is 0 Å². The molecule has 0 aromatic heterocycles. The van der Waals surface area contributed by atoms with Gasteiger partial charge in [0.25, 0.3) is 0 Å². The summed E-state index contributed by atoms with van der Waals surface area (Å²) in [5, 5.41) is 10.2. The van der Waals surface area contributed by atoms with Gasteiger partial charge in [0.2, 0.25) is 0 Å². The summed E-state index contributed by atoms with van der Waals surface area (Å²) in [4.78, 5) is 0. The zero-order valence-corrected chi connectivity index (χ0v) is 11.9. The first-order valence-corrected chi connectivity index (χ1v) is 7.29. The molecular formula is C16H25NO2. The van der Waals surface area contributed by atoms with E-state index in [4.69, 9.17) is 10.5 Å². The minimum atomic E-state index is -0.357. The average Bonchev–Trinajstić information content (AvgIpc) is 2.55. The second kappa shape index (κ2) is 6.40. The van der Waals surface area contributed by atoms with Crippen LogP contribution in [0.2, 0.25) is 0 Å². The number of aliphatic hydroxyl groups is 1. The molecule has 0 bridgehead atoms. The molecule has 3 heteroatoms. The van der Waals surface area contributed by atoms with Gasteiger partial charge in [-0.3, -0.25) is 0 Å². The van der Waals surface area contributed by atoms with E-state index in [-0.39, 0.29) is 18.2 Å². The highest BCUT2D eigenvalue weighted by atomic mass is 16.5. The molecule has 0 aliphatic heterocycles. The summed E-state index contributed by atoms with van der Waals surface area (Å²) < 4.78 is 6.09. The molecule has 0 radical (unpaired) electrons. The van der Waals surface area contributed by atoms with E-state index in [0.29, 0.717) is 0 Å². The van der Waals surface area contributed by atoms with E-state index in [9.17, 15) is 5.11 Å². The Hall–Kier alpha value is -1.06. The Morgan fingerprint density at radius 3 is 2.74 bits per heavy atom. The number of hydrogen-bond donors (Lipinski definition) is 2. The van der Waals surface area contributed by atoms with Crippen LogP contribution in [-0.4, -0.2) is 17.3 Å². The molecule has 3 nitrogen and oxygen atoms in total. The van der Waals surface area contributed by atoms with Crippen LogP contribution in [0.4, 0.5) is 0 Å². The first-order valence-electron chi connectivity index (χ1n) is 7.29. The van der Waals surface area contributed by atoms with Crippen molar-refractivity contribution in [2.24, 2.45) is 5.73 Å². The maximum atomic E-state index is 10.2. The van der Waals surface area contributed by atoms with Gasteiger partial charge in [-0.25, -0.2) is 0 Å². The number of hydrogen-bond acceptors (Lipinski definition) is 3. The van der Waals surface area contributed by atoms with Crippen molar-refractivity contribution in [2.45, 2.75) is 64.2 Å². The number of nitrogens with two attached hydrogens (primary N) is 1. The molecule has 0 amide bonds. The lowest BCUT2D eigenvalue weighted by molar-refractivity contribution is 0.0312. The molecule has 0 heterocycles. The largest absolute Gasteiger partial charge is 0.487 e. The van der Waals surface area contributed by atoms with Crippen molar-refractivity contribution in [1.82, 2.24) is 0 Å². The lowest BCUT2D eigenvalue weighted by atomic mass is 10.0. The van der Waals surface area contributed by atoms with Gasteiger partial charge >= 0.3 is 0 Å². The summed E-state index contributed by atoms with van der Waals surface area (Å²) in [6.45, 7) is 4.00. The zero-order chi connectivity index (χ0) is 13.8. The van der Waals surface area contributed by atoms with Gasteiger partial charge in [-0.1, -0.05) is 25.0 Å². The summed E-state index contributed by atoms with van der Waals surface area (Å²) >= 11 is 0. The lowest BCUT2D eigenvalue weighted by Gasteiger charge is -2.24. The van der Waals surface area contributed by atoms with Gasteiger partial charge in [-0.05, 0) is 44.7 Å². The Bertz CT molecular complexity index is 417. The molecule has 1 aromatic carbocycles. The maximum Gasteiger partial charge on any atom is 0.124 e. The van der Waals surface area contributed by atoms with E-state index in [1.54, 1.807) is 0 Å². The molecule has 1 aromatic rings. The fourth-order valence-corrected chi connectivity index (χ4v) is 2.67. The standard InChI is InChI=1S/C16H25NO2/c1-11-8-9-13(12(2)17)16(10-11)19-15-7-5-3-4-6-14(15)18/h8-10,12,14-15,18H,3-7,17H2,1-2H3. The van der Waals surface area contributed by atoms with Crippen molar-refractivity contribution >= 4 is 0 Å². The summed E-state index contributed by atoms with van der Waals surface area (Å²) in [5.74, 6) is 0.834. The highest BCUT2D eigenvalue weighted by molar-refractivity contribution is 5.39. The first kappa shape index (κ1) is 14.4.